The van der Waals surface area contributed by atoms with Crippen LogP contribution in [0.2, 0.25) is 5.02 Å². The molecule has 0 bridgehead atoms. The summed E-state index contributed by atoms with van der Waals surface area (Å²) in [7, 11) is 0. The van der Waals surface area contributed by atoms with Gasteiger partial charge in [-0.3, -0.25) is 0 Å². The average Bonchev–Trinajstić information content (AvgIpc) is 2.55. The van der Waals surface area contributed by atoms with Gasteiger partial charge in [-0.25, -0.2) is 9.78 Å². The number of halogens is 2. The molecule has 2 aromatic carbocycles. The lowest BCUT2D eigenvalue weighted by molar-refractivity contribution is 0.0692. The van der Waals surface area contributed by atoms with Crippen molar-refractivity contribution >= 4 is 28.9 Å². The number of carboxylic acids is 1. The van der Waals surface area contributed by atoms with Gasteiger partial charge >= 0.3 is 5.97 Å². The van der Waals surface area contributed by atoms with E-state index in [0.717, 1.165) is 5.56 Å². The van der Waals surface area contributed by atoms with Gasteiger partial charge in [-0.15, -0.1) is 0 Å². The summed E-state index contributed by atoms with van der Waals surface area (Å²) in [4.78, 5) is 14.7. The van der Waals surface area contributed by atoms with Crippen LogP contribution < -0.4 is 5.32 Å². The third kappa shape index (κ3) is 3.07. The third-order valence-electron chi connectivity index (χ3n) is 3.46. The molecule has 24 heavy (non-hydrogen) atoms. The number of nitrogens with zero attached hydrogens (tertiary/aromatic N) is 1. The van der Waals surface area contributed by atoms with Crippen LogP contribution >= 0.6 is 11.6 Å². The maximum Gasteiger partial charge on any atom is 0.342 e. The molecule has 3 rings (SSSR count). The van der Waals surface area contributed by atoms with Gasteiger partial charge in [0.05, 0.1) is 10.7 Å². The van der Waals surface area contributed by atoms with Crippen LogP contribution in [0.3, 0.4) is 0 Å². The molecule has 0 amide bonds. The molecule has 2 N–H and O–H groups in total. The minimum atomic E-state index is -1.40. The highest BCUT2D eigenvalue weighted by Gasteiger charge is 2.18. The van der Waals surface area contributed by atoms with Crippen molar-refractivity contribution in [2.24, 2.45) is 0 Å². The van der Waals surface area contributed by atoms with E-state index in [9.17, 15) is 14.3 Å². The number of carbonyl (C=O) groups is 1. The molecule has 0 aliphatic carbocycles. The highest BCUT2D eigenvalue weighted by Crippen LogP contribution is 2.36. The standard InChI is InChI=1S/C18H12ClFN2O2/c19-12-7-4-8-13(15(12)11-5-2-1-3-6-11)22-14-9-10-21-17(20)16(14)18(23)24/h1-10H,(H,21,22)(H,23,24). The molecule has 6 heteroatoms. The number of hydrogen-bond donors (Lipinski definition) is 2. The monoisotopic (exact) mass is 342 g/mol. The first-order valence-electron chi connectivity index (χ1n) is 7.06. The summed E-state index contributed by atoms with van der Waals surface area (Å²) in [6.45, 7) is 0. The predicted molar refractivity (Wildman–Crippen MR) is 91.3 cm³/mol. The SMILES string of the molecule is O=C(O)c1c(Nc2cccc(Cl)c2-c2ccccc2)ccnc1F. The van der Waals surface area contributed by atoms with Crippen molar-refractivity contribution in [3.8, 4) is 11.1 Å². The lowest BCUT2D eigenvalue weighted by atomic mass is 10.0. The molecule has 0 aliphatic heterocycles. The van der Waals surface area contributed by atoms with Gasteiger partial charge < -0.3 is 10.4 Å². The number of pyridine rings is 1. The molecule has 0 radical (unpaired) electrons. The Hall–Kier alpha value is -2.92. The Bertz CT molecular complexity index is 901. The fourth-order valence-electron chi connectivity index (χ4n) is 2.42. The number of rotatable bonds is 4. The summed E-state index contributed by atoms with van der Waals surface area (Å²) in [5.41, 5.74) is 1.72. The summed E-state index contributed by atoms with van der Waals surface area (Å²) in [6.07, 6.45) is 1.21. The second-order valence-corrected chi connectivity index (χ2v) is 5.39. The highest BCUT2D eigenvalue weighted by atomic mass is 35.5. The van der Waals surface area contributed by atoms with E-state index in [4.69, 9.17) is 11.6 Å². The zero-order valence-electron chi connectivity index (χ0n) is 12.3. The van der Waals surface area contributed by atoms with Gasteiger partial charge in [0.1, 0.15) is 5.56 Å². The summed E-state index contributed by atoms with van der Waals surface area (Å²) < 4.78 is 13.7. The van der Waals surface area contributed by atoms with E-state index in [2.05, 4.69) is 10.3 Å². The molecular formula is C18H12ClFN2O2. The lowest BCUT2D eigenvalue weighted by Gasteiger charge is -2.15. The molecule has 1 aromatic heterocycles. The first kappa shape index (κ1) is 16.0. The summed E-state index contributed by atoms with van der Waals surface area (Å²) in [6, 6.07) is 16.0. The van der Waals surface area contributed by atoms with E-state index in [1.165, 1.54) is 12.3 Å². The van der Waals surface area contributed by atoms with Crippen molar-refractivity contribution in [3.63, 3.8) is 0 Å². The predicted octanol–water partition coefficient (Wildman–Crippen LogP) is 4.98. The molecule has 3 aromatic rings. The van der Waals surface area contributed by atoms with Crippen LogP contribution in [0, 0.1) is 5.95 Å². The van der Waals surface area contributed by atoms with Crippen molar-refractivity contribution in [1.29, 1.82) is 0 Å². The third-order valence-corrected chi connectivity index (χ3v) is 3.78. The number of carboxylic acid groups (broad SMARTS) is 1. The second-order valence-electron chi connectivity index (χ2n) is 4.98. The van der Waals surface area contributed by atoms with Crippen molar-refractivity contribution in [2.75, 3.05) is 5.32 Å². The number of hydrogen-bond acceptors (Lipinski definition) is 3. The highest BCUT2D eigenvalue weighted by molar-refractivity contribution is 6.34. The van der Waals surface area contributed by atoms with Crippen LogP contribution in [-0.4, -0.2) is 16.1 Å². The van der Waals surface area contributed by atoms with Crippen LogP contribution in [0.15, 0.2) is 60.8 Å². The Morgan fingerprint density at radius 1 is 1.04 bits per heavy atom. The number of nitrogens with one attached hydrogen (secondary N) is 1. The van der Waals surface area contributed by atoms with E-state index in [0.29, 0.717) is 16.3 Å². The Kier molecular flexibility index (Phi) is 4.44. The molecule has 0 fully saturated rings. The van der Waals surface area contributed by atoms with Gasteiger partial charge in [0.25, 0.3) is 0 Å². The van der Waals surface area contributed by atoms with Crippen LogP contribution in [-0.2, 0) is 0 Å². The molecular weight excluding hydrogens is 331 g/mol. The molecule has 1 heterocycles. The molecule has 120 valence electrons. The van der Waals surface area contributed by atoms with Crippen molar-refractivity contribution in [2.45, 2.75) is 0 Å². The van der Waals surface area contributed by atoms with Gasteiger partial charge in [-0.1, -0.05) is 48.0 Å². The number of aromatic carboxylic acids is 1. The molecule has 0 atom stereocenters. The Balaban J connectivity index is 2.12. The van der Waals surface area contributed by atoms with Crippen LogP contribution in [0.5, 0.6) is 0 Å². The minimum Gasteiger partial charge on any atom is -0.477 e. The molecule has 0 aliphatic rings. The molecule has 0 unspecified atom stereocenters. The van der Waals surface area contributed by atoms with E-state index < -0.39 is 17.5 Å². The summed E-state index contributed by atoms with van der Waals surface area (Å²) in [5.74, 6) is -2.44. The van der Waals surface area contributed by atoms with E-state index in [1.807, 2.05) is 30.3 Å². The van der Waals surface area contributed by atoms with Crippen molar-refractivity contribution in [3.05, 3.63) is 77.3 Å². The maximum absolute atomic E-state index is 13.7. The zero-order chi connectivity index (χ0) is 17.1. The Morgan fingerprint density at radius 3 is 2.50 bits per heavy atom. The minimum absolute atomic E-state index is 0.106. The number of benzene rings is 2. The number of aromatic nitrogens is 1. The fourth-order valence-corrected chi connectivity index (χ4v) is 2.70. The average molecular weight is 343 g/mol. The smallest absolute Gasteiger partial charge is 0.342 e. The quantitative estimate of drug-likeness (QED) is 0.656. The Morgan fingerprint density at radius 2 is 1.79 bits per heavy atom. The van der Waals surface area contributed by atoms with Gasteiger partial charge in [0, 0.05) is 17.4 Å². The maximum atomic E-state index is 13.7. The molecule has 0 spiro atoms. The first-order valence-corrected chi connectivity index (χ1v) is 7.44. The van der Waals surface area contributed by atoms with Gasteiger partial charge in [0.15, 0.2) is 0 Å². The van der Waals surface area contributed by atoms with Crippen LogP contribution in [0.25, 0.3) is 11.1 Å². The van der Waals surface area contributed by atoms with Crippen molar-refractivity contribution in [1.82, 2.24) is 4.98 Å². The van der Waals surface area contributed by atoms with Gasteiger partial charge in [-0.2, -0.15) is 4.39 Å². The molecule has 0 saturated carbocycles. The molecule has 4 nitrogen and oxygen atoms in total. The van der Waals surface area contributed by atoms with E-state index >= 15 is 0 Å². The summed E-state index contributed by atoms with van der Waals surface area (Å²) >= 11 is 6.32. The lowest BCUT2D eigenvalue weighted by Crippen LogP contribution is -2.07. The topological polar surface area (TPSA) is 62.2 Å². The zero-order valence-corrected chi connectivity index (χ0v) is 13.1. The van der Waals surface area contributed by atoms with Crippen molar-refractivity contribution < 1.29 is 14.3 Å². The summed E-state index contributed by atoms with van der Waals surface area (Å²) in [5, 5.41) is 12.7. The van der Waals surface area contributed by atoms with Gasteiger partial charge in [-0.05, 0) is 23.8 Å². The van der Waals surface area contributed by atoms with E-state index in [1.54, 1.807) is 18.2 Å². The number of anilines is 2. The van der Waals surface area contributed by atoms with Crippen LogP contribution in [0.1, 0.15) is 10.4 Å². The Labute approximate surface area is 142 Å². The first-order chi connectivity index (χ1) is 11.6. The molecule has 0 saturated heterocycles. The second kappa shape index (κ2) is 6.68. The van der Waals surface area contributed by atoms with Crippen LogP contribution in [0.4, 0.5) is 15.8 Å². The normalized spacial score (nSPS) is 10.4. The fraction of sp³-hybridized carbons (Fsp3) is 0. The van der Waals surface area contributed by atoms with Gasteiger partial charge in [0.2, 0.25) is 5.95 Å². The largest absolute Gasteiger partial charge is 0.477 e. The van der Waals surface area contributed by atoms with E-state index in [-0.39, 0.29) is 5.69 Å².